The maximum Gasteiger partial charge on any atom is 0.535 e. The molecule has 0 aromatic carbocycles. The van der Waals surface area contributed by atoms with Crippen molar-refractivity contribution in [3.05, 3.63) is 0 Å². The van der Waals surface area contributed by atoms with Crippen LogP contribution in [0.3, 0.4) is 0 Å². The van der Waals surface area contributed by atoms with E-state index in [4.69, 9.17) is 0 Å². The van der Waals surface area contributed by atoms with E-state index in [2.05, 4.69) is 19.1 Å². The van der Waals surface area contributed by atoms with Crippen molar-refractivity contribution >= 4 is 66.0 Å². The first kappa shape index (κ1) is 29.8. The molecular formula is C14H16N2O18S3. The Balaban J connectivity index is 2.12. The molecule has 0 aliphatic carbocycles. The molecule has 2 N–H and O–H groups in total. The summed E-state index contributed by atoms with van der Waals surface area (Å²) in [5.41, 5.74) is -6.04. The first-order valence-electron chi connectivity index (χ1n) is 9.42. The summed E-state index contributed by atoms with van der Waals surface area (Å²) >= 11 is 0. The lowest BCUT2D eigenvalue weighted by atomic mass is 10.4. The molecule has 23 heteroatoms. The van der Waals surface area contributed by atoms with E-state index in [1.165, 1.54) is 0 Å². The number of hydroxylamine groups is 4. The zero-order valence-electron chi connectivity index (χ0n) is 17.9. The summed E-state index contributed by atoms with van der Waals surface area (Å²) in [5, 5.41) is -0.219. The highest BCUT2D eigenvalue weighted by Gasteiger charge is 2.41. The van der Waals surface area contributed by atoms with Gasteiger partial charge in [-0.05, 0) is 0 Å². The Morgan fingerprint density at radius 1 is 0.649 bits per heavy atom. The molecule has 208 valence electrons. The van der Waals surface area contributed by atoms with Crippen LogP contribution in [-0.4, -0.2) is 103 Å². The van der Waals surface area contributed by atoms with Crippen molar-refractivity contribution in [2.75, 3.05) is 11.5 Å². The topological polar surface area (TPSA) is 289 Å². The van der Waals surface area contributed by atoms with Crippen molar-refractivity contribution in [2.24, 2.45) is 0 Å². The van der Waals surface area contributed by atoms with Crippen molar-refractivity contribution in [2.45, 2.75) is 36.6 Å². The summed E-state index contributed by atoms with van der Waals surface area (Å²) in [6.07, 6.45) is -5.76. The van der Waals surface area contributed by atoms with Gasteiger partial charge in [-0.1, -0.05) is 10.1 Å². The summed E-state index contributed by atoms with van der Waals surface area (Å²) < 4.78 is 97.3. The van der Waals surface area contributed by atoms with Gasteiger partial charge in [0.25, 0.3) is 23.6 Å². The van der Waals surface area contributed by atoms with E-state index < -0.39 is 88.4 Å². The zero-order chi connectivity index (χ0) is 28.3. The van der Waals surface area contributed by atoms with Gasteiger partial charge in [-0.3, -0.25) is 38.0 Å². The van der Waals surface area contributed by atoms with Crippen LogP contribution < -0.4 is 0 Å². The van der Waals surface area contributed by atoms with Crippen LogP contribution in [0.4, 0.5) is 9.59 Å². The summed E-state index contributed by atoms with van der Waals surface area (Å²) in [7, 11) is -16.4. The number of carbonyl (C=O) groups is 6. The number of sulfone groups is 1. The highest BCUT2D eigenvalue weighted by atomic mass is 32.2. The van der Waals surface area contributed by atoms with E-state index in [1.54, 1.807) is 0 Å². The molecule has 2 heterocycles. The number of ether oxygens (including phenoxy) is 2. The lowest BCUT2D eigenvalue weighted by molar-refractivity contribution is -0.178. The van der Waals surface area contributed by atoms with E-state index in [9.17, 15) is 63.1 Å². The predicted octanol–water partition coefficient (Wildman–Crippen LogP) is -2.74. The van der Waals surface area contributed by atoms with Crippen LogP contribution in [0.1, 0.15) is 25.7 Å². The van der Waals surface area contributed by atoms with Gasteiger partial charge in [0.15, 0.2) is 9.84 Å². The first-order chi connectivity index (χ1) is 16.8. The minimum atomic E-state index is -5.59. The Hall–Kier alpha value is -3.41. The van der Waals surface area contributed by atoms with Crippen molar-refractivity contribution in [1.29, 1.82) is 0 Å². The van der Waals surface area contributed by atoms with Crippen LogP contribution in [0.2, 0.25) is 0 Å². The quantitative estimate of drug-likeness (QED) is 0.147. The van der Waals surface area contributed by atoms with Gasteiger partial charge >= 0.3 is 32.5 Å². The second-order valence-corrected chi connectivity index (χ2v) is 12.3. The van der Waals surface area contributed by atoms with Crippen LogP contribution in [0.25, 0.3) is 0 Å². The molecule has 2 fully saturated rings. The molecule has 2 unspecified atom stereocenters. The van der Waals surface area contributed by atoms with E-state index in [1.807, 2.05) is 0 Å². The number of rotatable bonds is 10. The minimum absolute atomic E-state index is 0.110. The molecule has 0 saturated carbocycles. The molecule has 37 heavy (non-hydrogen) atoms. The van der Waals surface area contributed by atoms with Gasteiger partial charge in [0.2, 0.25) is 10.9 Å². The van der Waals surface area contributed by atoms with E-state index >= 15 is 0 Å². The molecule has 0 aromatic rings. The highest BCUT2D eigenvalue weighted by molar-refractivity contribution is 7.94. The van der Waals surface area contributed by atoms with E-state index in [0.29, 0.717) is 0 Å². The molecule has 2 saturated heterocycles. The van der Waals surface area contributed by atoms with Gasteiger partial charge < -0.3 is 9.47 Å². The third-order valence-electron chi connectivity index (χ3n) is 4.24. The molecule has 0 bridgehead atoms. The molecule has 2 atom stereocenters. The molecule has 0 radical (unpaired) electrons. The summed E-state index contributed by atoms with van der Waals surface area (Å²) in [6, 6.07) is 0. The third-order valence-corrected chi connectivity index (χ3v) is 8.14. The number of amides is 4. The van der Waals surface area contributed by atoms with Crippen LogP contribution in [-0.2, 0) is 68.4 Å². The van der Waals surface area contributed by atoms with Crippen LogP contribution >= 0.6 is 0 Å². The summed E-state index contributed by atoms with van der Waals surface area (Å²) in [6.45, 7) is 0. The fraction of sp³-hybridized carbons (Fsp3) is 0.571. The lowest BCUT2D eigenvalue weighted by Gasteiger charge is -2.19. The number of hydrogen-bond donors (Lipinski definition) is 2. The number of imide groups is 2. The van der Waals surface area contributed by atoms with Gasteiger partial charge in [0, 0.05) is 25.7 Å². The van der Waals surface area contributed by atoms with E-state index in [-0.39, 0.29) is 35.8 Å². The standard InChI is InChI=1S/C14H16N2O18S3/c17-7-1-2-8(18)15(7)33-13(21)31-11(36(25,26)27)5-35(23,24)6-12(37(28,29)30)32-14(22)34-16-9(19)3-4-10(16)20/h11-12H,1-6H2,(H,25,26,27)(H,28,29,30). The van der Waals surface area contributed by atoms with Gasteiger partial charge in [0.05, 0.1) is 0 Å². The average Bonchev–Trinajstić information content (AvgIpc) is 3.21. The lowest BCUT2D eigenvalue weighted by Crippen LogP contribution is -2.42. The highest BCUT2D eigenvalue weighted by Crippen LogP contribution is 2.17. The smallest absolute Gasteiger partial charge is 0.409 e. The molecular weight excluding hydrogens is 580 g/mol. The fourth-order valence-electron chi connectivity index (χ4n) is 2.57. The molecule has 0 aromatic heterocycles. The first-order valence-corrected chi connectivity index (χ1v) is 14.2. The van der Waals surface area contributed by atoms with Crippen molar-refractivity contribution in [3.63, 3.8) is 0 Å². The number of hydrogen-bond acceptors (Lipinski definition) is 16. The Bertz CT molecular complexity index is 1210. The average molecular weight is 596 g/mol. The Morgan fingerprint density at radius 3 is 1.16 bits per heavy atom. The van der Waals surface area contributed by atoms with E-state index in [0.717, 1.165) is 0 Å². The third kappa shape index (κ3) is 8.31. The molecule has 0 spiro atoms. The van der Waals surface area contributed by atoms with Crippen molar-refractivity contribution in [1.82, 2.24) is 10.1 Å². The maximum atomic E-state index is 12.4. The van der Waals surface area contributed by atoms with Crippen molar-refractivity contribution < 1.29 is 82.3 Å². The largest absolute Gasteiger partial charge is 0.535 e. The van der Waals surface area contributed by atoms with Gasteiger partial charge in [-0.25, -0.2) is 18.0 Å². The zero-order valence-corrected chi connectivity index (χ0v) is 20.4. The molecule has 2 aliphatic heterocycles. The fourth-order valence-corrected chi connectivity index (χ4v) is 6.69. The minimum Gasteiger partial charge on any atom is -0.409 e. The van der Waals surface area contributed by atoms with Gasteiger partial charge in [0.1, 0.15) is 11.5 Å². The monoisotopic (exact) mass is 596 g/mol. The normalized spacial score (nSPS) is 18.5. The Kier molecular flexibility index (Phi) is 8.79. The molecule has 4 amide bonds. The summed E-state index contributed by atoms with van der Waals surface area (Å²) in [5.74, 6) is -7.97. The number of carbonyl (C=O) groups excluding carboxylic acids is 6. The van der Waals surface area contributed by atoms with Crippen LogP contribution in [0, 0.1) is 0 Å². The van der Waals surface area contributed by atoms with Crippen LogP contribution in [0.5, 0.6) is 0 Å². The number of nitrogens with zero attached hydrogens (tertiary/aromatic N) is 2. The maximum absolute atomic E-state index is 12.4. The van der Waals surface area contributed by atoms with Gasteiger partial charge in [-0.2, -0.15) is 16.8 Å². The second kappa shape index (κ2) is 10.9. The van der Waals surface area contributed by atoms with Crippen molar-refractivity contribution in [3.8, 4) is 0 Å². The Morgan fingerprint density at radius 2 is 0.919 bits per heavy atom. The van der Waals surface area contributed by atoms with Gasteiger partial charge in [-0.15, -0.1) is 0 Å². The molecule has 2 rings (SSSR count). The second-order valence-electron chi connectivity index (χ2n) is 7.05. The van der Waals surface area contributed by atoms with Crippen LogP contribution in [0.15, 0.2) is 0 Å². The molecule has 20 nitrogen and oxygen atoms in total. The Labute approximate surface area is 206 Å². The summed E-state index contributed by atoms with van der Waals surface area (Å²) in [4.78, 5) is 77.5. The molecule has 2 aliphatic rings. The predicted molar refractivity (Wildman–Crippen MR) is 107 cm³/mol. The SMILES string of the molecule is O=C(OC(CS(=O)(=O)CC(OC(=O)ON1C(=O)CCC1=O)S(=O)(=O)O)S(=O)(=O)O)ON1C(=O)CCC1=O.